The van der Waals surface area contributed by atoms with E-state index in [0.29, 0.717) is 16.5 Å². The Bertz CT molecular complexity index is 307. The zero-order valence-electron chi connectivity index (χ0n) is 8.18. The summed E-state index contributed by atoms with van der Waals surface area (Å²) in [5.41, 5.74) is 6.35. The first kappa shape index (κ1) is 11.7. The number of halogens is 2. The lowest BCUT2D eigenvalue weighted by Crippen LogP contribution is -2.11. The highest BCUT2D eigenvalue weighted by Crippen LogP contribution is 2.35. The summed E-state index contributed by atoms with van der Waals surface area (Å²) in [5.74, 6) is 0.573. The molecule has 1 atom stereocenters. The number of anilines is 1. The van der Waals surface area contributed by atoms with Crippen LogP contribution in [-0.4, -0.2) is 6.10 Å². The zero-order valence-corrected chi connectivity index (χ0v) is 10.5. The summed E-state index contributed by atoms with van der Waals surface area (Å²) >= 11 is 9.31. The second kappa shape index (κ2) is 4.89. The van der Waals surface area contributed by atoms with E-state index in [1.54, 1.807) is 12.1 Å². The van der Waals surface area contributed by atoms with Crippen molar-refractivity contribution in [3.8, 4) is 5.75 Å². The molecule has 0 bridgehead atoms. The summed E-state index contributed by atoms with van der Waals surface area (Å²) in [7, 11) is 0. The van der Waals surface area contributed by atoms with Gasteiger partial charge in [-0.2, -0.15) is 0 Å². The number of nitrogens with two attached hydrogens (primary N) is 1. The second-order valence-electron chi connectivity index (χ2n) is 3.14. The van der Waals surface area contributed by atoms with Crippen molar-refractivity contribution in [3.63, 3.8) is 0 Å². The van der Waals surface area contributed by atoms with Gasteiger partial charge >= 0.3 is 0 Å². The molecule has 0 aliphatic carbocycles. The van der Waals surface area contributed by atoms with Crippen molar-refractivity contribution in [2.45, 2.75) is 26.4 Å². The Labute approximate surface area is 97.5 Å². The van der Waals surface area contributed by atoms with Gasteiger partial charge in [0.15, 0.2) is 5.75 Å². The van der Waals surface area contributed by atoms with Crippen LogP contribution in [0.5, 0.6) is 5.75 Å². The van der Waals surface area contributed by atoms with E-state index in [-0.39, 0.29) is 6.10 Å². The van der Waals surface area contributed by atoms with Crippen LogP contribution in [0.25, 0.3) is 0 Å². The van der Waals surface area contributed by atoms with Crippen molar-refractivity contribution in [2.24, 2.45) is 0 Å². The minimum Gasteiger partial charge on any atom is -0.487 e. The highest BCUT2D eigenvalue weighted by molar-refractivity contribution is 9.10. The molecule has 2 N–H and O–H groups in total. The molecule has 2 nitrogen and oxygen atoms in total. The summed E-state index contributed by atoms with van der Waals surface area (Å²) in [6.07, 6.45) is 1.04. The number of hydrogen-bond acceptors (Lipinski definition) is 2. The fourth-order valence-electron chi connectivity index (χ4n) is 0.989. The van der Waals surface area contributed by atoms with Crippen molar-refractivity contribution in [1.82, 2.24) is 0 Å². The highest BCUT2D eigenvalue weighted by atomic mass is 79.9. The Kier molecular flexibility index (Phi) is 4.08. The van der Waals surface area contributed by atoms with Crippen molar-refractivity contribution in [2.75, 3.05) is 5.73 Å². The molecular weight excluding hydrogens is 265 g/mol. The molecule has 0 aliphatic rings. The van der Waals surface area contributed by atoms with Gasteiger partial charge < -0.3 is 10.5 Å². The van der Waals surface area contributed by atoms with Gasteiger partial charge in [0.05, 0.1) is 16.8 Å². The lowest BCUT2D eigenvalue weighted by atomic mass is 10.2. The van der Waals surface area contributed by atoms with Crippen LogP contribution in [0.3, 0.4) is 0 Å². The van der Waals surface area contributed by atoms with E-state index < -0.39 is 0 Å². The topological polar surface area (TPSA) is 35.2 Å². The van der Waals surface area contributed by atoms with Gasteiger partial charge in [-0.25, -0.2) is 0 Å². The Morgan fingerprint density at radius 1 is 1.57 bits per heavy atom. The van der Waals surface area contributed by atoms with Crippen LogP contribution in [-0.2, 0) is 0 Å². The Morgan fingerprint density at radius 3 is 2.71 bits per heavy atom. The van der Waals surface area contributed by atoms with Crippen LogP contribution in [0.1, 0.15) is 20.3 Å². The summed E-state index contributed by atoms with van der Waals surface area (Å²) in [6.45, 7) is 4.03. The molecule has 0 fully saturated rings. The fourth-order valence-corrected chi connectivity index (χ4v) is 1.87. The minimum absolute atomic E-state index is 0.121. The predicted molar refractivity (Wildman–Crippen MR) is 63.9 cm³/mol. The highest BCUT2D eigenvalue weighted by Gasteiger charge is 2.10. The Hall–Kier alpha value is -0.410. The van der Waals surface area contributed by atoms with E-state index in [1.807, 2.05) is 13.8 Å². The molecule has 1 rings (SSSR count). The van der Waals surface area contributed by atoms with Crippen molar-refractivity contribution >= 4 is 33.2 Å². The summed E-state index contributed by atoms with van der Waals surface area (Å²) in [4.78, 5) is 0. The van der Waals surface area contributed by atoms with Crippen molar-refractivity contribution in [1.29, 1.82) is 0 Å². The number of rotatable bonds is 3. The maximum absolute atomic E-state index is 6.00. The molecule has 0 aliphatic heterocycles. The third-order valence-electron chi connectivity index (χ3n) is 1.93. The van der Waals surface area contributed by atoms with Crippen LogP contribution in [0.4, 0.5) is 5.69 Å². The quantitative estimate of drug-likeness (QED) is 0.852. The second-order valence-corrected chi connectivity index (χ2v) is 4.47. The van der Waals surface area contributed by atoms with Crippen LogP contribution in [0.2, 0.25) is 5.02 Å². The SMILES string of the molecule is CCC(C)Oc1c(N)cc(Br)cc1Cl. The number of ether oxygens (including phenoxy) is 1. The molecule has 0 spiro atoms. The Morgan fingerprint density at radius 2 is 2.21 bits per heavy atom. The van der Waals surface area contributed by atoms with E-state index in [2.05, 4.69) is 15.9 Å². The van der Waals surface area contributed by atoms with E-state index in [4.69, 9.17) is 22.1 Å². The van der Waals surface area contributed by atoms with Gasteiger partial charge in [-0.3, -0.25) is 0 Å². The van der Waals surface area contributed by atoms with E-state index in [0.717, 1.165) is 10.9 Å². The van der Waals surface area contributed by atoms with E-state index in [1.165, 1.54) is 0 Å². The van der Waals surface area contributed by atoms with Gasteiger partial charge in [0.25, 0.3) is 0 Å². The zero-order chi connectivity index (χ0) is 10.7. The lowest BCUT2D eigenvalue weighted by molar-refractivity contribution is 0.219. The first-order chi connectivity index (χ1) is 6.54. The summed E-state index contributed by atoms with van der Waals surface area (Å²) < 4.78 is 6.46. The van der Waals surface area contributed by atoms with Crippen LogP contribution in [0, 0.1) is 0 Å². The van der Waals surface area contributed by atoms with Crippen molar-refractivity contribution < 1.29 is 4.74 Å². The normalized spacial score (nSPS) is 12.6. The summed E-state index contributed by atoms with van der Waals surface area (Å²) in [6, 6.07) is 3.55. The molecule has 0 saturated heterocycles. The number of hydrogen-bond donors (Lipinski definition) is 1. The molecular formula is C10H13BrClNO. The molecule has 1 unspecified atom stereocenters. The molecule has 1 aromatic rings. The molecule has 4 heteroatoms. The van der Waals surface area contributed by atoms with Gasteiger partial charge in [0, 0.05) is 4.47 Å². The smallest absolute Gasteiger partial charge is 0.161 e. The average Bonchev–Trinajstić information content (AvgIpc) is 2.10. The van der Waals surface area contributed by atoms with Gasteiger partial charge in [-0.05, 0) is 25.5 Å². The standard InChI is InChI=1S/C10H13BrClNO/c1-3-6(2)14-10-8(12)4-7(11)5-9(10)13/h4-6H,3,13H2,1-2H3. The van der Waals surface area contributed by atoms with Crippen LogP contribution in [0.15, 0.2) is 16.6 Å². The third-order valence-corrected chi connectivity index (χ3v) is 2.67. The maximum Gasteiger partial charge on any atom is 0.161 e. The van der Waals surface area contributed by atoms with Crippen molar-refractivity contribution in [3.05, 3.63) is 21.6 Å². The Balaban J connectivity index is 2.96. The van der Waals surface area contributed by atoms with E-state index in [9.17, 15) is 0 Å². The van der Waals surface area contributed by atoms with Crippen LogP contribution >= 0.6 is 27.5 Å². The van der Waals surface area contributed by atoms with Gasteiger partial charge in [-0.15, -0.1) is 0 Å². The average molecular weight is 279 g/mol. The third kappa shape index (κ3) is 2.79. The molecule has 0 heterocycles. The van der Waals surface area contributed by atoms with E-state index >= 15 is 0 Å². The van der Waals surface area contributed by atoms with Crippen LogP contribution < -0.4 is 10.5 Å². The first-order valence-corrected chi connectivity index (χ1v) is 5.62. The molecule has 0 saturated carbocycles. The molecule has 78 valence electrons. The van der Waals surface area contributed by atoms with Gasteiger partial charge in [-0.1, -0.05) is 34.5 Å². The fraction of sp³-hybridized carbons (Fsp3) is 0.400. The lowest BCUT2D eigenvalue weighted by Gasteiger charge is -2.15. The summed E-state index contributed by atoms with van der Waals surface area (Å²) in [5, 5.41) is 0.539. The molecule has 0 aromatic heterocycles. The number of benzene rings is 1. The number of nitrogen functional groups attached to an aromatic ring is 1. The molecule has 0 radical (unpaired) electrons. The molecule has 1 aromatic carbocycles. The molecule has 0 amide bonds. The monoisotopic (exact) mass is 277 g/mol. The first-order valence-electron chi connectivity index (χ1n) is 4.45. The van der Waals surface area contributed by atoms with Gasteiger partial charge in [0.2, 0.25) is 0 Å². The maximum atomic E-state index is 6.00. The minimum atomic E-state index is 0.121. The predicted octanol–water partition coefficient (Wildman–Crippen LogP) is 3.86. The molecule has 14 heavy (non-hydrogen) atoms. The van der Waals surface area contributed by atoms with Gasteiger partial charge in [0.1, 0.15) is 0 Å². The largest absolute Gasteiger partial charge is 0.487 e.